The van der Waals surface area contributed by atoms with Crippen molar-refractivity contribution in [2.75, 3.05) is 13.2 Å². The molecule has 0 bridgehead atoms. The van der Waals surface area contributed by atoms with E-state index in [1.165, 1.54) is 11.1 Å². The first-order valence-electron chi connectivity index (χ1n) is 5.24. The van der Waals surface area contributed by atoms with E-state index in [2.05, 4.69) is 18.7 Å². The summed E-state index contributed by atoms with van der Waals surface area (Å²) >= 11 is 0. The Morgan fingerprint density at radius 1 is 1.33 bits per heavy atom. The van der Waals surface area contributed by atoms with Crippen LogP contribution < -0.4 is 0 Å². The van der Waals surface area contributed by atoms with E-state index in [1.807, 2.05) is 18.2 Å². The summed E-state index contributed by atoms with van der Waals surface area (Å²) in [6.07, 6.45) is 1.15. The van der Waals surface area contributed by atoms with Gasteiger partial charge in [-0.15, -0.1) is 0 Å². The van der Waals surface area contributed by atoms with Crippen molar-refractivity contribution < 1.29 is 9.47 Å². The molecule has 1 aliphatic heterocycles. The third-order valence-corrected chi connectivity index (χ3v) is 2.45. The molecule has 1 aromatic carbocycles. The van der Waals surface area contributed by atoms with Gasteiger partial charge in [0, 0.05) is 0 Å². The maximum absolute atomic E-state index is 5.59. The Kier molecular flexibility index (Phi) is 3.54. The maximum Gasteiger partial charge on any atom is 0.0850 e. The standard InChI is InChI=1S/C13H16O2/c1-11-7-13(15-8-11)10-14-9-12-5-3-2-4-6-12/h2-6,13H,1,7-10H2. The van der Waals surface area contributed by atoms with Crippen LogP contribution in [0.25, 0.3) is 0 Å². The van der Waals surface area contributed by atoms with Gasteiger partial charge in [-0.3, -0.25) is 0 Å². The number of rotatable bonds is 4. The smallest absolute Gasteiger partial charge is 0.0850 e. The molecular formula is C13H16O2. The van der Waals surface area contributed by atoms with Crippen LogP contribution in [-0.4, -0.2) is 19.3 Å². The molecule has 0 N–H and O–H groups in total. The summed E-state index contributed by atoms with van der Waals surface area (Å²) < 4.78 is 11.1. The van der Waals surface area contributed by atoms with Crippen LogP contribution in [0.5, 0.6) is 0 Å². The Labute approximate surface area is 90.5 Å². The van der Waals surface area contributed by atoms with E-state index >= 15 is 0 Å². The monoisotopic (exact) mass is 204 g/mol. The zero-order valence-corrected chi connectivity index (χ0v) is 8.82. The molecule has 1 unspecified atom stereocenters. The van der Waals surface area contributed by atoms with Crippen molar-refractivity contribution in [1.82, 2.24) is 0 Å². The molecule has 2 heteroatoms. The topological polar surface area (TPSA) is 18.5 Å². The molecule has 2 nitrogen and oxygen atoms in total. The molecule has 0 amide bonds. The van der Waals surface area contributed by atoms with Gasteiger partial charge in [0.2, 0.25) is 0 Å². The lowest BCUT2D eigenvalue weighted by molar-refractivity contribution is 0.0110. The van der Waals surface area contributed by atoms with E-state index in [0.717, 1.165) is 6.42 Å². The molecule has 1 fully saturated rings. The molecule has 15 heavy (non-hydrogen) atoms. The summed E-state index contributed by atoms with van der Waals surface area (Å²) in [4.78, 5) is 0. The molecular weight excluding hydrogens is 188 g/mol. The number of hydrogen-bond donors (Lipinski definition) is 0. The molecule has 0 aliphatic carbocycles. The van der Waals surface area contributed by atoms with E-state index in [0.29, 0.717) is 19.8 Å². The first-order chi connectivity index (χ1) is 7.34. The first-order valence-corrected chi connectivity index (χ1v) is 5.24. The van der Waals surface area contributed by atoms with Crippen molar-refractivity contribution in [1.29, 1.82) is 0 Å². The Bertz CT molecular complexity index is 319. The molecule has 0 radical (unpaired) electrons. The van der Waals surface area contributed by atoms with Crippen molar-refractivity contribution in [3.05, 3.63) is 48.0 Å². The highest BCUT2D eigenvalue weighted by molar-refractivity contribution is 5.13. The molecule has 2 rings (SSSR count). The zero-order valence-electron chi connectivity index (χ0n) is 8.82. The Morgan fingerprint density at radius 3 is 2.80 bits per heavy atom. The molecule has 80 valence electrons. The van der Waals surface area contributed by atoms with E-state index in [4.69, 9.17) is 9.47 Å². The highest BCUT2D eigenvalue weighted by Gasteiger charge is 2.18. The van der Waals surface area contributed by atoms with E-state index in [1.54, 1.807) is 0 Å². The maximum atomic E-state index is 5.59. The predicted octanol–water partition coefficient (Wildman–Crippen LogP) is 2.55. The second-order valence-electron chi connectivity index (χ2n) is 3.89. The molecule has 0 aromatic heterocycles. The van der Waals surface area contributed by atoms with Crippen LogP contribution in [0.1, 0.15) is 12.0 Å². The molecule has 1 aliphatic rings. The second kappa shape index (κ2) is 5.10. The Hall–Kier alpha value is -1.12. The van der Waals surface area contributed by atoms with Crippen LogP contribution in [0.4, 0.5) is 0 Å². The summed E-state index contributed by atoms with van der Waals surface area (Å²) in [6.45, 7) is 5.90. The van der Waals surface area contributed by atoms with Gasteiger partial charge in [0.05, 0.1) is 25.9 Å². The second-order valence-corrected chi connectivity index (χ2v) is 3.89. The lowest BCUT2D eigenvalue weighted by Gasteiger charge is -2.09. The van der Waals surface area contributed by atoms with Gasteiger partial charge in [0.1, 0.15) is 0 Å². The first kappa shape index (κ1) is 10.4. The van der Waals surface area contributed by atoms with E-state index in [9.17, 15) is 0 Å². The fraction of sp³-hybridized carbons (Fsp3) is 0.385. The highest BCUT2D eigenvalue weighted by Crippen LogP contribution is 2.17. The summed E-state index contributed by atoms with van der Waals surface area (Å²) in [5, 5.41) is 0. The van der Waals surface area contributed by atoms with Crippen LogP contribution in [0.3, 0.4) is 0 Å². The van der Waals surface area contributed by atoms with Crippen LogP contribution >= 0.6 is 0 Å². The summed E-state index contributed by atoms with van der Waals surface area (Å²) in [5.41, 5.74) is 2.37. The quantitative estimate of drug-likeness (QED) is 0.702. The number of hydrogen-bond acceptors (Lipinski definition) is 2. The Morgan fingerprint density at radius 2 is 2.13 bits per heavy atom. The molecule has 0 saturated carbocycles. The summed E-state index contributed by atoms with van der Waals surface area (Å²) in [6, 6.07) is 10.2. The normalized spacial score (nSPS) is 20.8. The van der Waals surface area contributed by atoms with Crippen molar-refractivity contribution in [3.8, 4) is 0 Å². The van der Waals surface area contributed by atoms with Gasteiger partial charge < -0.3 is 9.47 Å². The van der Waals surface area contributed by atoms with Crippen LogP contribution in [0, 0.1) is 0 Å². The lowest BCUT2D eigenvalue weighted by Crippen LogP contribution is -2.13. The SMILES string of the molecule is C=C1COC(COCc2ccccc2)C1. The third kappa shape index (κ3) is 3.18. The molecule has 1 saturated heterocycles. The van der Waals surface area contributed by atoms with Gasteiger partial charge in [-0.05, 0) is 17.6 Å². The minimum atomic E-state index is 0.209. The highest BCUT2D eigenvalue weighted by atomic mass is 16.5. The van der Waals surface area contributed by atoms with Crippen molar-refractivity contribution >= 4 is 0 Å². The van der Waals surface area contributed by atoms with Gasteiger partial charge in [0.15, 0.2) is 0 Å². The average molecular weight is 204 g/mol. The van der Waals surface area contributed by atoms with Crippen molar-refractivity contribution in [2.24, 2.45) is 0 Å². The van der Waals surface area contributed by atoms with Gasteiger partial charge in [0.25, 0.3) is 0 Å². The van der Waals surface area contributed by atoms with Gasteiger partial charge in [-0.2, -0.15) is 0 Å². The predicted molar refractivity (Wildman–Crippen MR) is 59.6 cm³/mol. The minimum Gasteiger partial charge on any atom is -0.374 e. The van der Waals surface area contributed by atoms with Gasteiger partial charge >= 0.3 is 0 Å². The van der Waals surface area contributed by atoms with Gasteiger partial charge in [-0.1, -0.05) is 36.9 Å². The average Bonchev–Trinajstić information content (AvgIpc) is 2.66. The summed E-state index contributed by atoms with van der Waals surface area (Å²) in [7, 11) is 0. The zero-order chi connectivity index (χ0) is 10.5. The fourth-order valence-electron chi connectivity index (χ4n) is 1.67. The Balaban J connectivity index is 1.69. The minimum absolute atomic E-state index is 0.209. The molecule has 0 spiro atoms. The van der Waals surface area contributed by atoms with Crippen LogP contribution in [0.2, 0.25) is 0 Å². The molecule has 1 heterocycles. The number of benzene rings is 1. The number of ether oxygens (including phenoxy) is 2. The molecule has 1 aromatic rings. The largest absolute Gasteiger partial charge is 0.374 e. The lowest BCUT2D eigenvalue weighted by atomic mass is 10.2. The van der Waals surface area contributed by atoms with Crippen LogP contribution in [0.15, 0.2) is 42.5 Å². The third-order valence-electron chi connectivity index (χ3n) is 2.45. The molecule has 1 atom stereocenters. The fourth-order valence-corrected chi connectivity index (χ4v) is 1.67. The van der Waals surface area contributed by atoms with Crippen molar-refractivity contribution in [3.63, 3.8) is 0 Å². The van der Waals surface area contributed by atoms with Crippen molar-refractivity contribution in [2.45, 2.75) is 19.1 Å². The van der Waals surface area contributed by atoms with E-state index < -0.39 is 0 Å². The summed E-state index contributed by atoms with van der Waals surface area (Å²) in [5.74, 6) is 0. The van der Waals surface area contributed by atoms with Gasteiger partial charge in [-0.25, -0.2) is 0 Å². The van der Waals surface area contributed by atoms with E-state index in [-0.39, 0.29) is 6.10 Å². The van der Waals surface area contributed by atoms with Crippen LogP contribution in [-0.2, 0) is 16.1 Å².